The van der Waals surface area contributed by atoms with Crippen LogP contribution in [-0.4, -0.2) is 40.5 Å². The zero-order valence-electron chi connectivity index (χ0n) is 13.9. The number of nitrogens with zero attached hydrogens (tertiary/aromatic N) is 7. The molecule has 0 radical (unpaired) electrons. The van der Waals surface area contributed by atoms with Crippen LogP contribution >= 0.6 is 0 Å². The second-order valence-electron chi connectivity index (χ2n) is 6.17. The second kappa shape index (κ2) is 5.45. The molecule has 128 valence electrons. The molecule has 0 spiro atoms. The first-order valence-corrected chi connectivity index (χ1v) is 8.17. The third-order valence-electron chi connectivity index (χ3n) is 4.58. The third-order valence-corrected chi connectivity index (χ3v) is 4.58. The normalized spacial score (nSPS) is 16.5. The van der Waals surface area contributed by atoms with Crippen molar-refractivity contribution in [3.05, 3.63) is 59.8 Å². The number of fused-ring (bicyclic) bond motifs is 2. The van der Waals surface area contributed by atoms with Gasteiger partial charge in [-0.3, -0.25) is 9.78 Å². The van der Waals surface area contributed by atoms with Gasteiger partial charge in [0.25, 0.3) is 0 Å². The number of aromatic nitrogens is 7. The van der Waals surface area contributed by atoms with Gasteiger partial charge in [0, 0.05) is 30.3 Å². The number of hydrogen-bond donors (Lipinski definition) is 1. The SMILES string of the molecule is Cc1nn(-c2ccc3nncn3n2)c2c1C(c1ccncc1)CC(=O)N2. The predicted octanol–water partition coefficient (Wildman–Crippen LogP) is 1.49. The number of aryl methyl sites for hydroxylation is 1. The fraction of sp³-hybridized carbons (Fsp3) is 0.176. The lowest BCUT2D eigenvalue weighted by molar-refractivity contribution is -0.116. The molecule has 1 unspecified atom stereocenters. The predicted molar refractivity (Wildman–Crippen MR) is 92.0 cm³/mol. The van der Waals surface area contributed by atoms with E-state index in [2.05, 4.69) is 30.7 Å². The van der Waals surface area contributed by atoms with Crippen LogP contribution in [-0.2, 0) is 4.79 Å². The molecule has 5 heterocycles. The van der Waals surface area contributed by atoms with Crippen LogP contribution in [0.3, 0.4) is 0 Å². The van der Waals surface area contributed by atoms with Crippen LogP contribution in [0, 0.1) is 6.92 Å². The van der Waals surface area contributed by atoms with Gasteiger partial charge < -0.3 is 5.32 Å². The maximum Gasteiger partial charge on any atom is 0.226 e. The molecule has 1 amide bonds. The Balaban J connectivity index is 1.69. The van der Waals surface area contributed by atoms with Crippen molar-refractivity contribution in [1.82, 2.24) is 34.6 Å². The summed E-state index contributed by atoms with van der Waals surface area (Å²) in [5.74, 6) is 1.12. The highest BCUT2D eigenvalue weighted by Gasteiger charge is 2.32. The zero-order chi connectivity index (χ0) is 17.7. The smallest absolute Gasteiger partial charge is 0.226 e. The Labute approximate surface area is 147 Å². The first kappa shape index (κ1) is 14.7. The Morgan fingerprint density at radius 1 is 1.15 bits per heavy atom. The van der Waals surface area contributed by atoms with Crippen molar-refractivity contribution in [2.75, 3.05) is 5.32 Å². The van der Waals surface area contributed by atoms with Gasteiger partial charge in [-0.15, -0.1) is 15.3 Å². The fourth-order valence-electron chi connectivity index (χ4n) is 3.42. The highest BCUT2D eigenvalue weighted by molar-refractivity contribution is 5.95. The number of rotatable bonds is 2. The van der Waals surface area contributed by atoms with Crippen LogP contribution in [0.2, 0.25) is 0 Å². The Kier molecular flexibility index (Phi) is 3.08. The molecule has 0 bridgehead atoms. The van der Waals surface area contributed by atoms with Gasteiger partial charge in [0.15, 0.2) is 11.5 Å². The van der Waals surface area contributed by atoms with E-state index < -0.39 is 0 Å². The van der Waals surface area contributed by atoms with Gasteiger partial charge in [-0.2, -0.15) is 14.3 Å². The van der Waals surface area contributed by atoms with Crippen LogP contribution < -0.4 is 5.32 Å². The van der Waals surface area contributed by atoms with Crippen molar-refractivity contribution in [3.8, 4) is 5.82 Å². The summed E-state index contributed by atoms with van der Waals surface area (Å²) in [7, 11) is 0. The van der Waals surface area contributed by atoms with Crippen LogP contribution in [0.15, 0.2) is 43.0 Å². The van der Waals surface area contributed by atoms with Gasteiger partial charge in [-0.25, -0.2) is 0 Å². The lowest BCUT2D eigenvalue weighted by atomic mass is 9.86. The minimum absolute atomic E-state index is 0.0502. The van der Waals surface area contributed by atoms with Crippen molar-refractivity contribution in [2.45, 2.75) is 19.3 Å². The molecule has 4 aromatic heterocycles. The molecular formula is C17H14N8O. The summed E-state index contributed by atoms with van der Waals surface area (Å²) in [6.45, 7) is 1.94. The van der Waals surface area contributed by atoms with Gasteiger partial charge in [-0.1, -0.05) is 0 Å². The summed E-state index contributed by atoms with van der Waals surface area (Å²) in [5.41, 5.74) is 3.54. The maximum atomic E-state index is 12.4. The first-order valence-electron chi connectivity index (χ1n) is 8.17. The summed E-state index contributed by atoms with van der Waals surface area (Å²) in [6, 6.07) is 7.49. The molecule has 1 atom stereocenters. The molecule has 1 aliphatic rings. The lowest BCUT2D eigenvalue weighted by Crippen LogP contribution is -2.25. The first-order chi connectivity index (χ1) is 12.7. The molecule has 4 aromatic rings. The van der Waals surface area contributed by atoms with E-state index in [9.17, 15) is 4.79 Å². The Bertz CT molecular complexity index is 1130. The monoisotopic (exact) mass is 346 g/mol. The van der Waals surface area contributed by atoms with Gasteiger partial charge >= 0.3 is 0 Å². The van der Waals surface area contributed by atoms with Crippen LogP contribution in [0.5, 0.6) is 0 Å². The van der Waals surface area contributed by atoms with E-state index in [1.54, 1.807) is 27.7 Å². The van der Waals surface area contributed by atoms with Gasteiger partial charge in [0.2, 0.25) is 5.91 Å². The van der Waals surface area contributed by atoms with Gasteiger partial charge in [0.05, 0.1) is 5.69 Å². The summed E-state index contributed by atoms with van der Waals surface area (Å²) >= 11 is 0. The number of carbonyl (C=O) groups excluding carboxylic acids is 1. The molecule has 0 saturated carbocycles. The number of amides is 1. The summed E-state index contributed by atoms with van der Waals surface area (Å²) in [5, 5.41) is 19.9. The summed E-state index contributed by atoms with van der Waals surface area (Å²) < 4.78 is 3.24. The minimum atomic E-state index is -0.0610. The molecule has 1 aliphatic heterocycles. The molecule has 0 saturated heterocycles. The van der Waals surface area contributed by atoms with E-state index in [1.165, 1.54) is 6.33 Å². The molecule has 0 aliphatic carbocycles. The molecule has 5 rings (SSSR count). The second-order valence-corrected chi connectivity index (χ2v) is 6.17. The third kappa shape index (κ3) is 2.17. The zero-order valence-corrected chi connectivity index (χ0v) is 13.9. The van der Waals surface area contributed by atoms with E-state index >= 15 is 0 Å². The Morgan fingerprint density at radius 2 is 2.00 bits per heavy atom. The van der Waals surface area contributed by atoms with Crippen LogP contribution in [0.4, 0.5) is 5.82 Å². The van der Waals surface area contributed by atoms with Crippen molar-refractivity contribution in [2.24, 2.45) is 0 Å². The van der Waals surface area contributed by atoms with Crippen molar-refractivity contribution < 1.29 is 4.79 Å². The van der Waals surface area contributed by atoms with Crippen LogP contribution in [0.1, 0.15) is 29.2 Å². The summed E-state index contributed by atoms with van der Waals surface area (Å²) in [6.07, 6.45) is 5.38. The Hall–Kier alpha value is -3.62. The van der Waals surface area contributed by atoms with E-state index in [1.807, 2.05) is 25.1 Å². The van der Waals surface area contributed by atoms with Crippen molar-refractivity contribution >= 4 is 17.4 Å². The van der Waals surface area contributed by atoms with Crippen LogP contribution in [0.25, 0.3) is 11.5 Å². The maximum absolute atomic E-state index is 12.4. The Morgan fingerprint density at radius 3 is 2.85 bits per heavy atom. The van der Waals surface area contributed by atoms with Gasteiger partial charge in [0.1, 0.15) is 12.1 Å². The number of carbonyl (C=O) groups is 1. The average molecular weight is 346 g/mol. The number of pyridine rings is 1. The minimum Gasteiger partial charge on any atom is -0.310 e. The average Bonchev–Trinajstić information content (AvgIpc) is 3.25. The highest BCUT2D eigenvalue weighted by Crippen LogP contribution is 2.39. The fourth-order valence-corrected chi connectivity index (χ4v) is 3.42. The molecule has 0 aromatic carbocycles. The topological polar surface area (TPSA) is 103 Å². The standard InChI is InChI=1S/C17H14N8O/c1-10-16-12(11-4-6-18-7-5-11)8-15(26)20-17(16)25(22-10)14-3-2-13-21-19-9-24(13)23-14/h2-7,9,12H,8H2,1H3,(H,20,26). The lowest BCUT2D eigenvalue weighted by Gasteiger charge is -2.24. The quantitative estimate of drug-likeness (QED) is 0.590. The number of anilines is 1. The molecule has 0 fully saturated rings. The van der Waals surface area contributed by atoms with E-state index in [0.717, 1.165) is 16.8 Å². The van der Waals surface area contributed by atoms with E-state index in [4.69, 9.17) is 0 Å². The molecular weight excluding hydrogens is 332 g/mol. The van der Waals surface area contributed by atoms with Crippen molar-refractivity contribution in [3.63, 3.8) is 0 Å². The molecule has 26 heavy (non-hydrogen) atoms. The van der Waals surface area contributed by atoms with E-state index in [0.29, 0.717) is 23.7 Å². The largest absolute Gasteiger partial charge is 0.310 e. The molecule has 9 heteroatoms. The number of hydrogen-bond acceptors (Lipinski definition) is 6. The highest BCUT2D eigenvalue weighted by atomic mass is 16.1. The molecule has 1 N–H and O–H groups in total. The van der Waals surface area contributed by atoms with Gasteiger partial charge in [-0.05, 0) is 36.8 Å². The molecule has 9 nitrogen and oxygen atoms in total. The summed E-state index contributed by atoms with van der Waals surface area (Å²) in [4.78, 5) is 16.4. The van der Waals surface area contributed by atoms with E-state index in [-0.39, 0.29) is 11.8 Å². The van der Waals surface area contributed by atoms with Crippen molar-refractivity contribution in [1.29, 1.82) is 0 Å². The number of nitrogens with one attached hydrogen (secondary N) is 1.